The normalized spacial score (nSPS) is 10.2. The third kappa shape index (κ3) is 4.13. The molecule has 0 unspecified atom stereocenters. The first-order chi connectivity index (χ1) is 14.2. The van der Waals surface area contributed by atoms with Gasteiger partial charge in [0.05, 0.1) is 20.4 Å². The Hall–Kier alpha value is -3.61. The number of anilines is 2. The molecule has 1 N–H and O–H groups in total. The summed E-state index contributed by atoms with van der Waals surface area (Å²) in [5.41, 5.74) is 4.58. The van der Waals surface area contributed by atoms with Crippen molar-refractivity contribution in [3.63, 3.8) is 0 Å². The molecule has 0 radical (unpaired) electrons. The lowest BCUT2D eigenvalue weighted by Gasteiger charge is -2.14. The predicted molar refractivity (Wildman–Crippen MR) is 117 cm³/mol. The van der Waals surface area contributed by atoms with E-state index < -0.39 is 0 Å². The third-order valence-corrected chi connectivity index (χ3v) is 4.30. The quantitative estimate of drug-likeness (QED) is 0.506. The van der Waals surface area contributed by atoms with Gasteiger partial charge in [0.2, 0.25) is 0 Å². The van der Waals surface area contributed by atoms with Crippen molar-refractivity contribution in [1.82, 2.24) is 19.6 Å². The highest BCUT2D eigenvalue weighted by atomic mass is 16.5. The molecule has 0 spiro atoms. The number of methoxy groups -OCH3 is 2. The summed E-state index contributed by atoms with van der Waals surface area (Å²) in [5.74, 6) is 2.11. The van der Waals surface area contributed by atoms with Crippen LogP contribution in [0.25, 0.3) is 16.8 Å². The topological polar surface area (TPSA) is 73.6 Å². The molecule has 0 fully saturated rings. The monoisotopic (exact) mass is 393 g/mol. The van der Waals surface area contributed by atoms with E-state index in [2.05, 4.69) is 15.4 Å². The van der Waals surface area contributed by atoms with Crippen LogP contribution in [-0.2, 0) is 0 Å². The lowest BCUT2D eigenvalue weighted by atomic mass is 10.1. The molecule has 1 aromatic carbocycles. The second-order valence-electron chi connectivity index (χ2n) is 6.03. The number of fused-ring (bicyclic) bond motifs is 1. The highest BCUT2D eigenvalue weighted by molar-refractivity contribution is 5.78. The molecule has 29 heavy (non-hydrogen) atoms. The smallest absolute Gasteiger partial charge is 0.165 e. The number of hydrogen-bond donors (Lipinski definition) is 1. The fourth-order valence-corrected chi connectivity index (χ4v) is 3.05. The molecule has 7 nitrogen and oxygen atoms in total. The number of aromatic nitrogens is 4. The van der Waals surface area contributed by atoms with Crippen LogP contribution < -0.4 is 14.8 Å². The summed E-state index contributed by atoms with van der Waals surface area (Å²) in [5, 5.41) is 7.71. The fourth-order valence-electron chi connectivity index (χ4n) is 3.05. The Morgan fingerprint density at radius 2 is 1.79 bits per heavy atom. The van der Waals surface area contributed by atoms with Crippen LogP contribution in [0.5, 0.6) is 11.5 Å². The summed E-state index contributed by atoms with van der Waals surface area (Å²) in [7, 11) is 3.26. The summed E-state index contributed by atoms with van der Waals surface area (Å²) in [6, 6.07) is 9.64. The van der Waals surface area contributed by atoms with Crippen molar-refractivity contribution in [1.29, 1.82) is 0 Å². The Morgan fingerprint density at radius 1 is 1.03 bits per heavy atom. The van der Waals surface area contributed by atoms with Crippen molar-refractivity contribution in [3.8, 4) is 22.6 Å². The Bertz CT molecular complexity index is 1100. The van der Waals surface area contributed by atoms with E-state index in [1.807, 2.05) is 63.5 Å². The van der Waals surface area contributed by atoms with Gasteiger partial charge in [-0.05, 0) is 42.3 Å². The summed E-state index contributed by atoms with van der Waals surface area (Å²) in [6.45, 7) is 5.97. The maximum Gasteiger partial charge on any atom is 0.165 e. The van der Waals surface area contributed by atoms with Gasteiger partial charge < -0.3 is 14.8 Å². The van der Waals surface area contributed by atoms with Gasteiger partial charge in [0.25, 0.3) is 0 Å². The van der Waals surface area contributed by atoms with Crippen molar-refractivity contribution in [3.05, 3.63) is 60.7 Å². The molecule has 0 bridgehead atoms. The minimum atomic E-state index is 0. The van der Waals surface area contributed by atoms with E-state index >= 15 is 0 Å². The lowest BCUT2D eigenvalue weighted by Crippen LogP contribution is -1.99. The number of hydrogen-bond acceptors (Lipinski definition) is 6. The highest BCUT2D eigenvalue weighted by Crippen LogP contribution is 2.35. The number of pyridine rings is 1. The van der Waals surface area contributed by atoms with Gasteiger partial charge in [0.15, 0.2) is 17.1 Å². The molecule has 0 amide bonds. The molecule has 0 aliphatic carbocycles. The van der Waals surface area contributed by atoms with Crippen LogP contribution in [0, 0.1) is 6.92 Å². The molecule has 0 aliphatic rings. The van der Waals surface area contributed by atoms with Crippen molar-refractivity contribution in [2.45, 2.75) is 20.8 Å². The fraction of sp³-hybridized carbons (Fsp3) is 0.227. The maximum absolute atomic E-state index is 5.42. The number of ether oxygens (including phenoxy) is 2. The molecule has 3 heterocycles. The van der Waals surface area contributed by atoms with Gasteiger partial charge in [-0.15, -0.1) is 0 Å². The first kappa shape index (κ1) is 20.1. The lowest BCUT2D eigenvalue weighted by molar-refractivity contribution is 0.353. The second-order valence-corrected chi connectivity index (χ2v) is 6.03. The minimum Gasteiger partial charge on any atom is -0.493 e. The molecule has 0 atom stereocenters. The van der Waals surface area contributed by atoms with E-state index in [-0.39, 0.29) is 1.43 Å². The van der Waals surface area contributed by atoms with Crippen LogP contribution in [0.4, 0.5) is 11.5 Å². The van der Waals surface area contributed by atoms with Gasteiger partial charge in [0, 0.05) is 37.3 Å². The Morgan fingerprint density at radius 3 is 2.48 bits per heavy atom. The van der Waals surface area contributed by atoms with E-state index in [1.54, 1.807) is 31.1 Å². The highest BCUT2D eigenvalue weighted by Gasteiger charge is 2.12. The van der Waals surface area contributed by atoms with Gasteiger partial charge in [-0.3, -0.25) is 4.98 Å². The first-order valence-corrected chi connectivity index (χ1v) is 9.44. The second kappa shape index (κ2) is 9.05. The molecule has 0 saturated carbocycles. The molecular formula is C22H27N5O2. The van der Waals surface area contributed by atoms with Gasteiger partial charge >= 0.3 is 0 Å². The molecule has 4 rings (SSSR count). The first-order valence-electron chi connectivity index (χ1n) is 9.44. The van der Waals surface area contributed by atoms with Gasteiger partial charge in [-0.1, -0.05) is 13.8 Å². The van der Waals surface area contributed by atoms with Crippen molar-refractivity contribution < 1.29 is 10.9 Å². The largest absolute Gasteiger partial charge is 0.493 e. The number of nitrogens with zero attached hydrogens (tertiary/aromatic N) is 4. The van der Waals surface area contributed by atoms with E-state index in [1.165, 1.54) is 0 Å². The number of nitrogens with one attached hydrogen (secondary N) is 1. The predicted octanol–water partition coefficient (Wildman–Crippen LogP) is 5.13. The molecule has 152 valence electrons. The summed E-state index contributed by atoms with van der Waals surface area (Å²) in [6.07, 6.45) is 7.20. The van der Waals surface area contributed by atoms with E-state index in [9.17, 15) is 0 Å². The molecule has 0 saturated heterocycles. The Kier molecular flexibility index (Phi) is 6.29. The van der Waals surface area contributed by atoms with Crippen molar-refractivity contribution in [2.24, 2.45) is 0 Å². The van der Waals surface area contributed by atoms with Crippen LogP contribution in [-0.4, -0.2) is 33.8 Å². The van der Waals surface area contributed by atoms with E-state index in [0.29, 0.717) is 11.6 Å². The van der Waals surface area contributed by atoms with Crippen molar-refractivity contribution in [2.75, 3.05) is 19.5 Å². The Balaban J connectivity index is 0.00000104. The standard InChI is InChI=1S/C20H19N5O2.C2H6.H2/c1-13-10-15(11-17(26-2)19(13)27-3)23-18-6-9-25-20(24-18)16(12-22-25)14-4-7-21-8-5-14;1-2;/h4-12H,1-3H3,(H,23,24);1-2H3;1H. The third-order valence-electron chi connectivity index (χ3n) is 4.30. The van der Waals surface area contributed by atoms with Crippen LogP contribution in [0.2, 0.25) is 0 Å². The van der Waals surface area contributed by atoms with Gasteiger partial charge in [-0.25, -0.2) is 9.50 Å². The average molecular weight is 393 g/mol. The molecule has 3 aromatic heterocycles. The molecule has 4 aromatic rings. The number of rotatable bonds is 5. The average Bonchev–Trinajstić information content (AvgIpc) is 3.18. The zero-order valence-electron chi connectivity index (χ0n) is 17.3. The molecular weight excluding hydrogens is 366 g/mol. The van der Waals surface area contributed by atoms with E-state index in [4.69, 9.17) is 14.5 Å². The molecule has 7 heteroatoms. The minimum absolute atomic E-state index is 0. The van der Waals surface area contributed by atoms with Gasteiger partial charge in [0.1, 0.15) is 5.82 Å². The zero-order valence-corrected chi connectivity index (χ0v) is 17.3. The van der Waals surface area contributed by atoms with Gasteiger partial charge in [-0.2, -0.15) is 5.10 Å². The number of benzene rings is 1. The van der Waals surface area contributed by atoms with Crippen molar-refractivity contribution >= 4 is 17.2 Å². The van der Waals surface area contributed by atoms with Crippen LogP contribution in [0.15, 0.2) is 55.1 Å². The zero-order chi connectivity index (χ0) is 20.8. The summed E-state index contributed by atoms with van der Waals surface area (Å²) in [4.78, 5) is 8.80. The SMILES string of the molecule is CC.COc1cc(Nc2ccn3ncc(-c4ccncc4)c3n2)cc(C)c1OC.[HH]. The van der Waals surface area contributed by atoms with Crippen LogP contribution in [0.3, 0.4) is 0 Å². The number of aryl methyl sites for hydroxylation is 1. The van der Waals surface area contributed by atoms with Crippen LogP contribution >= 0.6 is 0 Å². The maximum atomic E-state index is 5.42. The molecule has 0 aliphatic heterocycles. The van der Waals surface area contributed by atoms with E-state index in [0.717, 1.165) is 33.8 Å². The Labute approximate surface area is 171 Å². The summed E-state index contributed by atoms with van der Waals surface area (Å²) >= 11 is 0. The van der Waals surface area contributed by atoms with Crippen LogP contribution in [0.1, 0.15) is 20.8 Å². The summed E-state index contributed by atoms with van der Waals surface area (Å²) < 4.78 is 12.6.